The molecule has 2 rings (SSSR count). The van der Waals surface area contributed by atoms with Crippen LogP contribution in [0.1, 0.15) is 19.4 Å². The second-order valence-corrected chi connectivity index (χ2v) is 6.13. The van der Waals surface area contributed by atoms with Crippen LogP contribution in [-0.2, 0) is 6.54 Å². The molecule has 0 amide bonds. The van der Waals surface area contributed by atoms with Gasteiger partial charge in [-0.05, 0) is 19.9 Å². The smallest absolute Gasteiger partial charge is 0.130 e. The van der Waals surface area contributed by atoms with E-state index in [1.807, 2.05) is 33.2 Å². The van der Waals surface area contributed by atoms with Crippen molar-refractivity contribution in [3.63, 3.8) is 0 Å². The molecule has 1 aliphatic rings. The van der Waals surface area contributed by atoms with Crippen LogP contribution >= 0.6 is 0 Å². The summed E-state index contributed by atoms with van der Waals surface area (Å²) in [6.45, 7) is 9.51. The fourth-order valence-electron chi connectivity index (χ4n) is 2.68. The quantitative estimate of drug-likeness (QED) is 0.842. The first kappa shape index (κ1) is 15.2. The molecule has 1 aromatic rings. The molecule has 5 heteroatoms. The molecular weight excluding hydrogens is 252 g/mol. The lowest BCUT2D eigenvalue weighted by Gasteiger charge is -2.37. The summed E-state index contributed by atoms with van der Waals surface area (Å²) in [6, 6.07) is 4.11. The van der Waals surface area contributed by atoms with Gasteiger partial charge in [0.25, 0.3) is 0 Å². The van der Waals surface area contributed by atoms with Crippen LogP contribution in [0.2, 0.25) is 0 Å². The summed E-state index contributed by atoms with van der Waals surface area (Å²) in [7, 11) is 1.91. The van der Waals surface area contributed by atoms with E-state index < -0.39 is 5.60 Å². The molecule has 112 valence electrons. The number of anilines is 1. The summed E-state index contributed by atoms with van der Waals surface area (Å²) < 4.78 is 0. The molecule has 0 saturated carbocycles. The number of hydrogen-bond donors (Lipinski definition) is 2. The molecule has 20 heavy (non-hydrogen) atoms. The van der Waals surface area contributed by atoms with Gasteiger partial charge in [0.2, 0.25) is 0 Å². The molecule has 1 fully saturated rings. The second-order valence-electron chi connectivity index (χ2n) is 6.13. The number of nitrogens with one attached hydrogen (secondary N) is 1. The Bertz CT molecular complexity index is 422. The Morgan fingerprint density at radius 2 is 1.90 bits per heavy atom. The van der Waals surface area contributed by atoms with Crippen molar-refractivity contribution in [2.75, 3.05) is 45.1 Å². The first-order chi connectivity index (χ1) is 9.48. The number of piperazine rings is 1. The van der Waals surface area contributed by atoms with Gasteiger partial charge in [-0.15, -0.1) is 0 Å². The molecule has 0 radical (unpaired) electrons. The van der Waals surface area contributed by atoms with Crippen molar-refractivity contribution in [1.82, 2.24) is 14.8 Å². The van der Waals surface area contributed by atoms with Crippen molar-refractivity contribution in [1.29, 1.82) is 0 Å². The maximum atomic E-state index is 9.87. The summed E-state index contributed by atoms with van der Waals surface area (Å²) >= 11 is 0. The Balaban J connectivity index is 1.85. The van der Waals surface area contributed by atoms with E-state index in [-0.39, 0.29) is 0 Å². The van der Waals surface area contributed by atoms with E-state index in [0.29, 0.717) is 0 Å². The number of pyridine rings is 1. The SMILES string of the molecule is CNc1ncccc1CN1CCN(CC(C)(C)O)CC1. The van der Waals surface area contributed by atoms with Crippen LogP contribution < -0.4 is 5.32 Å². The van der Waals surface area contributed by atoms with Crippen molar-refractivity contribution in [3.8, 4) is 0 Å². The molecule has 0 bridgehead atoms. The van der Waals surface area contributed by atoms with E-state index in [0.717, 1.165) is 45.1 Å². The monoisotopic (exact) mass is 278 g/mol. The minimum absolute atomic E-state index is 0.606. The molecule has 1 aliphatic heterocycles. The van der Waals surface area contributed by atoms with Gasteiger partial charge in [0.15, 0.2) is 0 Å². The zero-order valence-electron chi connectivity index (χ0n) is 12.8. The highest BCUT2D eigenvalue weighted by atomic mass is 16.3. The zero-order valence-corrected chi connectivity index (χ0v) is 12.8. The van der Waals surface area contributed by atoms with E-state index >= 15 is 0 Å². The molecule has 5 nitrogen and oxygen atoms in total. The Morgan fingerprint density at radius 3 is 2.50 bits per heavy atom. The van der Waals surface area contributed by atoms with Crippen LogP contribution in [-0.4, -0.2) is 65.3 Å². The second kappa shape index (κ2) is 6.52. The molecule has 2 heterocycles. The molecule has 2 N–H and O–H groups in total. The molecule has 0 unspecified atom stereocenters. The van der Waals surface area contributed by atoms with Gasteiger partial charge in [-0.2, -0.15) is 0 Å². The topological polar surface area (TPSA) is 51.6 Å². The fourth-order valence-corrected chi connectivity index (χ4v) is 2.68. The van der Waals surface area contributed by atoms with E-state index in [1.165, 1.54) is 5.56 Å². The molecule has 0 atom stereocenters. The predicted molar refractivity (Wildman–Crippen MR) is 81.8 cm³/mol. The number of nitrogens with zero attached hydrogens (tertiary/aromatic N) is 3. The van der Waals surface area contributed by atoms with Crippen LogP contribution in [0.4, 0.5) is 5.82 Å². The van der Waals surface area contributed by atoms with E-state index in [4.69, 9.17) is 0 Å². The summed E-state index contributed by atoms with van der Waals surface area (Å²) in [5.74, 6) is 0.964. The lowest BCUT2D eigenvalue weighted by molar-refractivity contribution is 0.0167. The zero-order chi connectivity index (χ0) is 14.6. The number of aromatic nitrogens is 1. The van der Waals surface area contributed by atoms with Gasteiger partial charge < -0.3 is 10.4 Å². The van der Waals surface area contributed by atoms with Gasteiger partial charge in [0, 0.05) is 58.1 Å². The molecular formula is C15H26N4O. The first-order valence-corrected chi connectivity index (χ1v) is 7.27. The largest absolute Gasteiger partial charge is 0.389 e. The molecule has 0 aliphatic carbocycles. The van der Waals surface area contributed by atoms with Crippen molar-refractivity contribution >= 4 is 5.82 Å². The number of β-amino-alcohol motifs (C(OH)–C–C–N with tert-alkyl or cyclic N) is 1. The van der Waals surface area contributed by atoms with Crippen LogP contribution in [0.15, 0.2) is 18.3 Å². The maximum Gasteiger partial charge on any atom is 0.130 e. The first-order valence-electron chi connectivity index (χ1n) is 7.27. The van der Waals surface area contributed by atoms with E-state index in [9.17, 15) is 5.11 Å². The van der Waals surface area contributed by atoms with Gasteiger partial charge in [0.1, 0.15) is 5.82 Å². The highest BCUT2D eigenvalue weighted by molar-refractivity contribution is 5.42. The van der Waals surface area contributed by atoms with Crippen molar-refractivity contribution in [2.24, 2.45) is 0 Å². The molecule has 0 aromatic carbocycles. The third-order valence-electron chi connectivity index (χ3n) is 3.60. The number of aliphatic hydroxyl groups is 1. The minimum atomic E-state index is -0.606. The van der Waals surface area contributed by atoms with Gasteiger partial charge in [-0.25, -0.2) is 4.98 Å². The molecule has 1 aromatic heterocycles. The Morgan fingerprint density at radius 1 is 1.25 bits per heavy atom. The van der Waals surface area contributed by atoms with E-state index in [1.54, 1.807) is 0 Å². The van der Waals surface area contributed by atoms with Gasteiger partial charge in [0.05, 0.1) is 5.60 Å². The average molecular weight is 278 g/mol. The highest BCUT2D eigenvalue weighted by Crippen LogP contribution is 2.15. The van der Waals surface area contributed by atoms with Crippen LogP contribution in [0.25, 0.3) is 0 Å². The number of rotatable bonds is 5. The summed E-state index contributed by atoms with van der Waals surface area (Å²) in [4.78, 5) is 9.12. The summed E-state index contributed by atoms with van der Waals surface area (Å²) in [6.07, 6.45) is 1.82. The normalized spacial score (nSPS) is 18.2. The van der Waals surface area contributed by atoms with E-state index in [2.05, 4.69) is 26.2 Å². The molecule has 1 saturated heterocycles. The standard InChI is InChI=1S/C15H26N4O/c1-15(2,20)12-19-9-7-18(8-10-19)11-13-5-4-6-17-14(13)16-3/h4-6,20H,7-12H2,1-3H3,(H,16,17). The summed E-state index contributed by atoms with van der Waals surface area (Å²) in [5.41, 5.74) is 0.635. The van der Waals surface area contributed by atoms with Crippen LogP contribution in [0, 0.1) is 0 Å². The summed E-state index contributed by atoms with van der Waals surface area (Å²) in [5, 5.41) is 13.0. The number of hydrogen-bond acceptors (Lipinski definition) is 5. The Labute approximate surface area is 121 Å². The predicted octanol–water partition coefficient (Wildman–Crippen LogP) is 1.01. The third-order valence-corrected chi connectivity index (χ3v) is 3.60. The highest BCUT2D eigenvalue weighted by Gasteiger charge is 2.23. The lowest BCUT2D eigenvalue weighted by atomic mass is 10.1. The van der Waals surface area contributed by atoms with Gasteiger partial charge in [-0.3, -0.25) is 9.80 Å². The molecule has 0 spiro atoms. The Kier molecular flexibility index (Phi) is 4.96. The Hall–Kier alpha value is -1.17. The van der Waals surface area contributed by atoms with Crippen LogP contribution in [0.5, 0.6) is 0 Å². The van der Waals surface area contributed by atoms with Crippen molar-refractivity contribution in [2.45, 2.75) is 26.0 Å². The maximum absolute atomic E-state index is 9.87. The average Bonchev–Trinajstić information content (AvgIpc) is 2.40. The van der Waals surface area contributed by atoms with Crippen molar-refractivity contribution < 1.29 is 5.11 Å². The van der Waals surface area contributed by atoms with Gasteiger partial charge in [-0.1, -0.05) is 6.07 Å². The lowest BCUT2D eigenvalue weighted by Crippen LogP contribution is -2.50. The van der Waals surface area contributed by atoms with Crippen molar-refractivity contribution in [3.05, 3.63) is 23.9 Å². The third kappa shape index (κ3) is 4.44. The minimum Gasteiger partial charge on any atom is -0.389 e. The fraction of sp³-hybridized carbons (Fsp3) is 0.667. The van der Waals surface area contributed by atoms with Crippen LogP contribution in [0.3, 0.4) is 0 Å². The van der Waals surface area contributed by atoms with Gasteiger partial charge >= 0.3 is 0 Å².